The monoisotopic (exact) mass is 388 g/mol. The van der Waals surface area contributed by atoms with Crippen LogP contribution in [0.5, 0.6) is 11.5 Å². The Morgan fingerprint density at radius 3 is 2.12 bits per heavy atom. The topological polar surface area (TPSA) is 142 Å². The molecule has 8 nitrogen and oxygen atoms in total. The van der Waals surface area contributed by atoms with Crippen molar-refractivity contribution in [2.45, 2.75) is 9.79 Å². The van der Waals surface area contributed by atoms with Gasteiger partial charge in [0.2, 0.25) is 15.6 Å². The van der Waals surface area contributed by atoms with E-state index in [1.54, 1.807) is 0 Å². The standard InChI is InChI=1S/C13H6Cl2N2O6S/c14-6-1-7(15)3-8(2-6)24(22,23)11-4-10(18)13(19)12(17(20)21)9(11)5-16/h1-4,18-19H. The van der Waals surface area contributed by atoms with E-state index in [4.69, 9.17) is 28.5 Å². The molecule has 0 saturated carbocycles. The summed E-state index contributed by atoms with van der Waals surface area (Å²) in [5.74, 6) is -2.27. The Bertz CT molecular complexity index is 994. The fourth-order valence-electron chi connectivity index (χ4n) is 1.93. The summed E-state index contributed by atoms with van der Waals surface area (Å²) in [7, 11) is -4.49. The molecule has 2 rings (SSSR count). The number of nitrogens with zero attached hydrogens (tertiary/aromatic N) is 2. The molecule has 0 heterocycles. The molecule has 11 heteroatoms. The summed E-state index contributed by atoms with van der Waals surface area (Å²) in [5, 5.41) is 39.2. The Kier molecular flexibility index (Phi) is 4.57. The van der Waals surface area contributed by atoms with Crippen molar-refractivity contribution in [3.63, 3.8) is 0 Å². The number of benzene rings is 2. The first-order valence-electron chi connectivity index (χ1n) is 5.94. The third kappa shape index (κ3) is 2.94. The minimum Gasteiger partial charge on any atom is -0.504 e. The van der Waals surface area contributed by atoms with E-state index in [2.05, 4.69) is 0 Å². The number of phenolic OH excluding ortho intramolecular Hbond substituents is 2. The zero-order valence-corrected chi connectivity index (χ0v) is 13.7. The Balaban J connectivity index is 2.90. The highest BCUT2D eigenvalue weighted by Crippen LogP contribution is 2.43. The van der Waals surface area contributed by atoms with Crippen LogP contribution in [0.15, 0.2) is 34.1 Å². The molecule has 2 aromatic rings. The van der Waals surface area contributed by atoms with Gasteiger partial charge in [0.1, 0.15) is 11.0 Å². The minimum absolute atomic E-state index is 0.0166. The molecule has 0 bridgehead atoms. The number of sulfone groups is 1. The summed E-state index contributed by atoms with van der Waals surface area (Å²) < 4.78 is 25.3. The Morgan fingerprint density at radius 1 is 1.12 bits per heavy atom. The molecule has 0 spiro atoms. The number of nitriles is 1. The van der Waals surface area contributed by atoms with Gasteiger partial charge >= 0.3 is 5.69 Å². The van der Waals surface area contributed by atoms with E-state index in [1.807, 2.05) is 0 Å². The van der Waals surface area contributed by atoms with Crippen molar-refractivity contribution < 1.29 is 23.6 Å². The predicted molar refractivity (Wildman–Crippen MR) is 83.1 cm³/mol. The third-order valence-corrected chi connectivity index (χ3v) is 5.14. The van der Waals surface area contributed by atoms with Crippen molar-refractivity contribution in [3.8, 4) is 17.6 Å². The molecule has 0 aromatic heterocycles. The van der Waals surface area contributed by atoms with Crippen molar-refractivity contribution >= 4 is 38.7 Å². The van der Waals surface area contributed by atoms with Crippen molar-refractivity contribution in [3.05, 3.63) is 50.0 Å². The van der Waals surface area contributed by atoms with Crippen molar-refractivity contribution in [1.29, 1.82) is 5.26 Å². The quantitative estimate of drug-likeness (QED) is 0.467. The molecule has 0 fully saturated rings. The Hall–Kier alpha value is -2.54. The number of aromatic hydroxyl groups is 2. The Morgan fingerprint density at radius 2 is 1.67 bits per heavy atom. The van der Waals surface area contributed by atoms with Crippen molar-refractivity contribution in [2.75, 3.05) is 0 Å². The summed E-state index contributed by atoms with van der Waals surface area (Å²) in [6, 6.07) is 5.23. The first-order chi connectivity index (χ1) is 11.1. The lowest BCUT2D eigenvalue weighted by molar-refractivity contribution is -0.386. The van der Waals surface area contributed by atoms with Gasteiger partial charge in [-0.15, -0.1) is 0 Å². The number of hydrogen-bond donors (Lipinski definition) is 2. The van der Waals surface area contributed by atoms with Gasteiger partial charge in [-0.05, 0) is 18.2 Å². The van der Waals surface area contributed by atoms with Gasteiger partial charge in [-0.25, -0.2) is 8.42 Å². The van der Waals surface area contributed by atoms with E-state index in [9.17, 15) is 28.7 Å². The van der Waals surface area contributed by atoms with Gasteiger partial charge < -0.3 is 10.2 Å². The van der Waals surface area contributed by atoms with Crippen LogP contribution in [-0.4, -0.2) is 23.6 Å². The van der Waals surface area contributed by atoms with E-state index in [0.29, 0.717) is 6.07 Å². The summed E-state index contributed by atoms with van der Waals surface area (Å²) in [6.45, 7) is 0. The van der Waals surface area contributed by atoms with Crippen molar-refractivity contribution in [2.24, 2.45) is 0 Å². The number of hydrogen-bond acceptors (Lipinski definition) is 7. The summed E-state index contributed by atoms with van der Waals surface area (Å²) in [5.41, 5.74) is -2.14. The van der Waals surface area contributed by atoms with Crippen LogP contribution >= 0.6 is 23.2 Å². The smallest absolute Gasteiger partial charge is 0.333 e. The first kappa shape index (κ1) is 17.8. The van der Waals surface area contributed by atoms with Crippen LogP contribution in [0.2, 0.25) is 10.0 Å². The largest absolute Gasteiger partial charge is 0.504 e. The van der Waals surface area contributed by atoms with Crippen molar-refractivity contribution in [1.82, 2.24) is 0 Å². The van der Waals surface area contributed by atoms with Crippen LogP contribution in [0.3, 0.4) is 0 Å². The highest BCUT2D eigenvalue weighted by Gasteiger charge is 2.33. The number of phenols is 2. The lowest BCUT2D eigenvalue weighted by Gasteiger charge is -2.10. The summed E-state index contributed by atoms with van der Waals surface area (Å²) in [6.07, 6.45) is 0. The lowest BCUT2D eigenvalue weighted by atomic mass is 10.1. The zero-order valence-electron chi connectivity index (χ0n) is 11.4. The van der Waals surface area contributed by atoms with Crippen LogP contribution < -0.4 is 0 Å². The molecule has 2 aromatic carbocycles. The van der Waals surface area contributed by atoms with E-state index in [0.717, 1.165) is 12.1 Å². The number of nitro benzene ring substituents is 1. The second kappa shape index (κ2) is 6.16. The highest BCUT2D eigenvalue weighted by atomic mass is 35.5. The van der Waals surface area contributed by atoms with Crippen LogP contribution in [0.4, 0.5) is 5.69 Å². The summed E-state index contributed by atoms with van der Waals surface area (Å²) in [4.78, 5) is 8.56. The zero-order chi connectivity index (χ0) is 18.2. The van der Waals surface area contributed by atoms with E-state index in [1.165, 1.54) is 12.1 Å². The van der Waals surface area contributed by atoms with Gasteiger partial charge in [-0.3, -0.25) is 10.1 Å². The maximum absolute atomic E-state index is 12.7. The normalized spacial score (nSPS) is 11.0. The predicted octanol–water partition coefficient (Wildman–Crippen LogP) is 3.02. The molecule has 124 valence electrons. The first-order valence-corrected chi connectivity index (χ1v) is 8.18. The fourth-order valence-corrected chi connectivity index (χ4v) is 4.08. The van der Waals surface area contributed by atoms with Gasteiger partial charge in [0.15, 0.2) is 11.3 Å². The van der Waals surface area contributed by atoms with Crippen LogP contribution in [0.1, 0.15) is 5.56 Å². The molecule has 0 aliphatic rings. The highest BCUT2D eigenvalue weighted by molar-refractivity contribution is 7.91. The third-order valence-electron chi connectivity index (χ3n) is 2.95. The number of halogens is 2. The maximum Gasteiger partial charge on any atom is 0.333 e. The molecule has 0 amide bonds. The SMILES string of the molecule is N#Cc1c(S(=O)(=O)c2cc(Cl)cc(Cl)c2)cc(O)c(O)c1[N+](=O)[O-]. The molecule has 0 atom stereocenters. The van der Waals surface area contributed by atoms with Crippen LogP contribution in [-0.2, 0) is 9.84 Å². The van der Waals surface area contributed by atoms with E-state index >= 15 is 0 Å². The second-order valence-electron chi connectivity index (χ2n) is 4.44. The molecule has 24 heavy (non-hydrogen) atoms. The van der Waals surface area contributed by atoms with Gasteiger partial charge in [0, 0.05) is 16.1 Å². The molecule has 0 radical (unpaired) electrons. The molecular formula is C13H6Cl2N2O6S. The maximum atomic E-state index is 12.7. The molecular weight excluding hydrogens is 383 g/mol. The minimum atomic E-state index is -4.49. The molecule has 0 aliphatic carbocycles. The average Bonchev–Trinajstić information content (AvgIpc) is 2.47. The average molecular weight is 389 g/mol. The fraction of sp³-hybridized carbons (Fsp3) is 0. The number of nitro groups is 1. The number of rotatable bonds is 3. The van der Waals surface area contributed by atoms with Gasteiger partial charge in [0.25, 0.3) is 0 Å². The molecule has 0 aliphatic heterocycles. The molecule has 0 saturated heterocycles. The lowest BCUT2D eigenvalue weighted by Crippen LogP contribution is -2.07. The van der Waals surface area contributed by atoms with E-state index < -0.39 is 47.3 Å². The van der Waals surface area contributed by atoms with Gasteiger partial charge in [0.05, 0.1) is 9.82 Å². The van der Waals surface area contributed by atoms with E-state index in [-0.39, 0.29) is 10.0 Å². The van der Waals surface area contributed by atoms with Gasteiger partial charge in [-0.2, -0.15) is 5.26 Å². The Labute approximate surface area is 145 Å². The van der Waals surface area contributed by atoms with Crippen LogP contribution in [0.25, 0.3) is 0 Å². The van der Waals surface area contributed by atoms with Gasteiger partial charge in [-0.1, -0.05) is 23.2 Å². The summed E-state index contributed by atoms with van der Waals surface area (Å²) >= 11 is 11.5. The molecule has 2 N–H and O–H groups in total. The molecule has 0 unspecified atom stereocenters. The van der Waals surface area contributed by atoms with Crippen LogP contribution in [0, 0.1) is 21.4 Å². The second-order valence-corrected chi connectivity index (χ2v) is 7.23.